The first kappa shape index (κ1) is 18.9. The molecule has 0 N–H and O–H groups in total. The van der Waals surface area contributed by atoms with Crippen molar-refractivity contribution in [2.24, 2.45) is 29.6 Å². The fourth-order valence-electron chi connectivity index (χ4n) is 3.08. The van der Waals surface area contributed by atoms with Crippen LogP contribution in [-0.2, 0) is 14.3 Å². The molecule has 4 unspecified atom stereocenters. The summed E-state index contributed by atoms with van der Waals surface area (Å²) in [6, 6.07) is 0. The summed E-state index contributed by atoms with van der Waals surface area (Å²) in [6.07, 6.45) is 3.68. The van der Waals surface area contributed by atoms with Crippen LogP contribution in [0, 0.1) is 29.6 Å². The van der Waals surface area contributed by atoms with Crippen molar-refractivity contribution in [3.05, 3.63) is 12.2 Å². The van der Waals surface area contributed by atoms with Crippen molar-refractivity contribution < 1.29 is 14.3 Å². The zero-order valence-electron chi connectivity index (χ0n) is 14.9. The molecule has 1 aliphatic rings. The van der Waals surface area contributed by atoms with E-state index in [4.69, 9.17) is 4.74 Å². The number of esters is 1. The number of ether oxygens (including phenoxy) is 1. The second kappa shape index (κ2) is 8.50. The van der Waals surface area contributed by atoms with Gasteiger partial charge in [-0.2, -0.15) is 0 Å². The number of carbonyl (C=O) groups excluding carboxylic acids is 2. The lowest BCUT2D eigenvalue weighted by molar-refractivity contribution is -0.140. The highest BCUT2D eigenvalue weighted by atomic mass is 16.5. The smallest absolute Gasteiger partial charge is 0.333 e. The fraction of sp³-hybridized carbons (Fsp3) is 0.789. The summed E-state index contributed by atoms with van der Waals surface area (Å²) in [4.78, 5) is 24.5. The monoisotopic (exact) mass is 308 g/mol. The molecule has 3 nitrogen and oxygen atoms in total. The van der Waals surface area contributed by atoms with Gasteiger partial charge in [-0.25, -0.2) is 4.79 Å². The largest absolute Gasteiger partial charge is 0.462 e. The maximum absolute atomic E-state index is 12.5. The first-order valence-corrected chi connectivity index (χ1v) is 8.65. The summed E-state index contributed by atoms with van der Waals surface area (Å²) in [7, 11) is 0. The Morgan fingerprint density at radius 3 is 2.14 bits per heavy atom. The number of carbonyl (C=O) groups is 2. The van der Waals surface area contributed by atoms with Crippen LogP contribution in [0.1, 0.15) is 60.3 Å². The van der Waals surface area contributed by atoms with E-state index in [9.17, 15) is 9.59 Å². The number of ketones is 1. The van der Waals surface area contributed by atoms with Gasteiger partial charge >= 0.3 is 5.97 Å². The number of Topliss-reactive ketones (excluding diaryl/α,β-unsaturated/α-hetero) is 1. The third-order valence-corrected chi connectivity index (χ3v) is 5.56. The summed E-state index contributed by atoms with van der Waals surface area (Å²) in [5.41, 5.74) is 0.578. The molecule has 0 aromatic rings. The summed E-state index contributed by atoms with van der Waals surface area (Å²) in [6.45, 7) is 14.6. The average molecular weight is 308 g/mol. The van der Waals surface area contributed by atoms with E-state index < -0.39 is 0 Å². The predicted octanol–water partition coefficient (Wildman–Crippen LogP) is 4.41. The van der Waals surface area contributed by atoms with Crippen molar-refractivity contribution >= 4 is 11.8 Å². The molecule has 1 heterocycles. The molecule has 1 saturated heterocycles. The standard InChI is InChI=1S/C19H32O3/c1-12-8-7-9-14(3)18(20)16(5)13(2)10-11-22-19(21)17(6)15(12)4/h12-16H,6-11H2,1-5H3/t12-,13?,14?,15?,16?/m1/s1. The maximum atomic E-state index is 12.5. The molecule has 0 bridgehead atoms. The van der Waals surface area contributed by atoms with Gasteiger partial charge in [0.15, 0.2) is 0 Å². The Hall–Kier alpha value is -1.12. The second-order valence-electron chi connectivity index (χ2n) is 7.22. The van der Waals surface area contributed by atoms with E-state index in [0.717, 1.165) is 25.7 Å². The van der Waals surface area contributed by atoms with Gasteiger partial charge < -0.3 is 4.74 Å². The van der Waals surface area contributed by atoms with Crippen molar-refractivity contribution in [3.8, 4) is 0 Å². The van der Waals surface area contributed by atoms with Crippen LogP contribution < -0.4 is 0 Å². The van der Waals surface area contributed by atoms with Gasteiger partial charge in [-0.15, -0.1) is 0 Å². The third-order valence-electron chi connectivity index (χ3n) is 5.56. The van der Waals surface area contributed by atoms with E-state index in [1.165, 1.54) is 0 Å². The molecule has 1 aliphatic heterocycles. The van der Waals surface area contributed by atoms with Crippen LogP contribution in [0.5, 0.6) is 0 Å². The molecule has 126 valence electrons. The van der Waals surface area contributed by atoms with Crippen molar-refractivity contribution in [3.63, 3.8) is 0 Å². The van der Waals surface area contributed by atoms with Crippen LogP contribution in [-0.4, -0.2) is 18.4 Å². The number of hydrogen-bond acceptors (Lipinski definition) is 3. The fourth-order valence-corrected chi connectivity index (χ4v) is 3.08. The van der Waals surface area contributed by atoms with Crippen LogP contribution in [0.15, 0.2) is 12.2 Å². The van der Waals surface area contributed by atoms with Gasteiger partial charge in [0.2, 0.25) is 0 Å². The summed E-state index contributed by atoms with van der Waals surface area (Å²) in [5, 5.41) is 0. The quantitative estimate of drug-likeness (QED) is 0.492. The second-order valence-corrected chi connectivity index (χ2v) is 7.22. The zero-order valence-corrected chi connectivity index (χ0v) is 14.9. The Kier molecular flexibility index (Phi) is 7.31. The lowest BCUT2D eigenvalue weighted by Gasteiger charge is -2.25. The van der Waals surface area contributed by atoms with Crippen LogP contribution >= 0.6 is 0 Å². The highest BCUT2D eigenvalue weighted by molar-refractivity contribution is 5.88. The Morgan fingerprint density at radius 1 is 0.909 bits per heavy atom. The minimum Gasteiger partial charge on any atom is -0.462 e. The van der Waals surface area contributed by atoms with Gasteiger partial charge in [-0.3, -0.25) is 4.79 Å². The van der Waals surface area contributed by atoms with Crippen molar-refractivity contribution in [2.75, 3.05) is 6.61 Å². The van der Waals surface area contributed by atoms with Crippen LogP contribution in [0.3, 0.4) is 0 Å². The predicted molar refractivity (Wildman–Crippen MR) is 89.4 cm³/mol. The van der Waals surface area contributed by atoms with Gasteiger partial charge in [0.1, 0.15) is 5.78 Å². The highest BCUT2D eigenvalue weighted by Gasteiger charge is 2.27. The molecule has 0 aliphatic carbocycles. The number of cyclic esters (lactones) is 1. The molecule has 1 fully saturated rings. The van der Waals surface area contributed by atoms with Crippen LogP contribution in [0.2, 0.25) is 0 Å². The lowest BCUT2D eigenvalue weighted by Crippen LogP contribution is -2.27. The Morgan fingerprint density at radius 2 is 1.50 bits per heavy atom. The molecule has 0 saturated carbocycles. The minimum atomic E-state index is -0.282. The molecule has 1 rings (SSSR count). The topological polar surface area (TPSA) is 43.4 Å². The van der Waals surface area contributed by atoms with Crippen molar-refractivity contribution in [1.29, 1.82) is 0 Å². The normalized spacial score (nSPS) is 36.6. The molecule has 3 heteroatoms. The highest BCUT2D eigenvalue weighted by Crippen LogP contribution is 2.28. The Balaban J connectivity index is 2.81. The molecule has 0 aromatic carbocycles. The molecule has 22 heavy (non-hydrogen) atoms. The van der Waals surface area contributed by atoms with E-state index in [-0.39, 0.29) is 29.6 Å². The van der Waals surface area contributed by atoms with Gasteiger partial charge in [0.05, 0.1) is 6.61 Å². The minimum absolute atomic E-state index is 0.0243. The molecule has 0 aromatic heterocycles. The molecular weight excluding hydrogens is 276 g/mol. The molecule has 0 spiro atoms. The van der Waals surface area contributed by atoms with Gasteiger partial charge in [-0.1, -0.05) is 54.0 Å². The molecular formula is C19H32O3. The first-order chi connectivity index (χ1) is 10.3. The van der Waals surface area contributed by atoms with Gasteiger partial charge in [-0.05, 0) is 30.6 Å². The van der Waals surface area contributed by atoms with E-state index >= 15 is 0 Å². The van der Waals surface area contributed by atoms with E-state index in [0.29, 0.717) is 23.9 Å². The molecule has 0 amide bonds. The Bertz CT molecular complexity index is 413. The van der Waals surface area contributed by atoms with E-state index in [2.05, 4.69) is 20.4 Å². The summed E-state index contributed by atoms with van der Waals surface area (Å²) >= 11 is 0. The number of hydrogen-bond donors (Lipinski definition) is 0. The zero-order chi connectivity index (χ0) is 16.9. The average Bonchev–Trinajstić information content (AvgIpc) is 2.50. The van der Waals surface area contributed by atoms with Crippen molar-refractivity contribution in [2.45, 2.75) is 60.3 Å². The lowest BCUT2D eigenvalue weighted by atomic mass is 9.81. The van der Waals surface area contributed by atoms with Crippen LogP contribution in [0.25, 0.3) is 0 Å². The summed E-state index contributed by atoms with van der Waals surface area (Å²) < 4.78 is 5.35. The summed E-state index contributed by atoms with van der Waals surface area (Å²) in [5.74, 6) is 0.941. The van der Waals surface area contributed by atoms with E-state index in [1.54, 1.807) is 0 Å². The van der Waals surface area contributed by atoms with Gasteiger partial charge in [0, 0.05) is 17.4 Å². The van der Waals surface area contributed by atoms with Gasteiger partial charge in [0.25, 0.3) is 0 Å². The van der Waals surface area contributed by atoms with Crippen LogP contribution in [0.4, 0.5) is 0 Å². The third kappa shape index (κ3) is 4.96. The SMILES string of the molecule is C=C1C(=O)OCCC(C)C(C)C(=O)C(C)CCC[C@@H](C)C1C. The van der Waals surface area contributed by atoms with E-state index in [1.807, 2.05) is 20.8 Å². The molecule has 0 radical (unpaired) electrons. The first-order valence-electron chi connectivity index (χ1n) is 8.65. The van der Waals surface area contributed by atoms with Crippen molar-refractivity contribution in [1.82, 2.24) is 0 Å². The maximum Gasteiger partial charge on any atom is 0.333 e. The molecule has 5 atom stereocenters. The Labute approximate surface area is 135 Å². The number of rotatable bonds is 0.